The Kier molecular flexibility index (Phi) is 4.04. The number of aromatic nitrogens is 2. The van der Waals surface area contributed by atoms with Crippen molar-refractivity contribution in [2.45, 2.75) is 52.0 Å². The first kappa shape index (κ1) is 18.0. The van der Waals surface area contributed by atoms with E-state index in [0.29, 0.717) is 5.69 Å². The molecule has 0 saturated carbocycles. The molecule has 2 aromatic rings. The molecule has 134 valence electrons. The Morgan fingerprint density at radius 3 is 2.16 bits per heavy atom. The van der Waals surface area contributed by atoms with E-state index in [0.717, 1.165) is 11.8 Å². The average molecular weight is 352 g/mol. The van der Waals surface area contributed by atoms with Crippen LogP contribution in [-0.4, -0.2) is 27.9 Å². The zero-order valence-corrected chi connectivity index (χ0v) is 14.8. The van der Waals surface area contributed by atoms with Gasteiger partial charge in [0, 0.05) is 11.9 Å². The molecule has 0 aliphatic carbocycles. The van der Waals surface area contributed by atoms with E-state index < -0.39 is 30.1 Å². The summed E-state index contributed by atoms with van der Waals surface area (Å²) in [6.45, 7) is 9.01. The van der Waals surface area contributed by atoms with Crippen molar-refractivity contribution in [2.75, 3.05) is 0 Å². The molecule has 0 amide bonds. The van der Waals surface area contributed by atoms with Gasteiger partial charge in [-0.15, -0.1) is 0 Å². The van der Waals surface area contributed by atoms with Gasteiger partial charge in [-0.05, 0) is 52.2 Å². The highest BCUT2D eigenvalue weighted by molar-refractivity contribution is 6.62. The lowest BCUT2D eigenvalue weighted by Crippen LogP contribution is -2.41. The van der Waals surface area contributed by atoms with Crippen molar-refractivity contribution in [3.8, 4) is 5.69 Å². The summed E-state index contributed by atoms with van der Waals surface area (Å²) in [6, 6.07) is 4.12. The first-order chi connectivity index (χ1) is 11.4. The topological polar surface area (TPSA) is 36.3 Å². The lowest BCUT2D eigenvalue weighted by molar-refractivity contribution is -0.136. The highest BCUT2D eigenvalue weighted by Crippen LogP contribution is 2.38. The molecule has 8 heteroatoms. The average Bonchev–Trinajstić information content (AvgIpc) is 2.99. The molecule has 0 radical (unpaired) electrons. The van der Waals surface area contributed by atoms with Crippen LogP contribution >= 0.6 is 0 Å². The highest BCUT2D eigenvalue weighted by atomic mass is 19.4. The van der Waals surface area contributed by atoms with E-state index in [4.69, 9.17) is 9.31 Å². The summed E-state index contributed by atoms with van der Waals surface area (Å²) in [5.41, 5.74) is -1.10. The largest absolute Gasteiger partial charge is 0.495 e. The first-order valence-corrected chi connectivity index (χ1v) is 7.98. The second-order valence-corrected chi connectivity index (χ2v) is 7.28. The van der Waals surface area contributed by atoms with Crippen molar-refractivity contribution < 1.29 is 22.5 Å². The number of alkyl halides is 3. The van der Waals surface area contributed by atoms with Gasteiger partial charge in [-0.2, -0.15) is 13.2 Å². The van der Waals surface area contributed by atoms with Gasteiger partial charge in [0.25, 0.3) is 0 Å². The maximum atomic E-state index is 13.7. The third-order valence-corrected chi connectivity index (χ3v) is 4.86. The summed E-state index contributed by atoms with van der Waals surface area (Å²) < 4.78 is 54.1. The maximum Gasteiger partial charge on any atom is 0.495 e. The van der Waals surface area contributed by atoms with Gasteiger partial charge in [-0.1, -0.05) is 6.07 Å². The van der Waals surface area contributed by atoms with Gasteiger partial charge in [-0.25, -0.2) is 4.98 Å². The summed E-state index contributed by atoms with van der Waals surface area (Å²) in [5, 5.41) is 0. The van der Waals surface area contributed by atoms with Crippen LogP contribution in [0.1, 0.15) is 39.0 Å². The van der Waals surface area contributed by atoms with E-state index in [1.165, 1.54) is 12.4 Å². The summed E-state index contributed by atoms with van der Waals surface area (Å²) in [7, 11) is -1.07. The molecule has 3 rings (SSSR count). The Morgan fingerprint density at radius 2 is 1.68 bits per heavy atom. The molecule has 1 saturated heterocycles. The van der Waals surface area contributed by atoms with Gasteiger partial charge in [0.1, 0.15) is 0 Å². The van der Waals surface area contributed by atoms with Crippen molar-refractivity contribution in [3.63, 3.8) is 0 Å². The van der Waals surface area contributed by atoms with Crippen molar-refractivity contribution in [2.24, 2.45) is 0 Å². The summed E-state index contributed by atoms with van der Waals surface area (Å²) >= 11 is 0. The van der Waals surface area contributed by atoms with Gasteiger partial charge >= 0.3 is 13.3 Å². The van der Waals surface area contributed by atoms with Crippen LogP contribution in [0, 0.1) is 6.92 Å². The lowest BCUT2D eigenvalue weighted by Gasteiger charge is -2.32. The van der Waals surface area contributed by atoms with E-state index in [2.05, 4.69) is 4.98 Å². The lowest BCUT2D eigenvalue weighted by atomic mass is 9.75. The summed E-state index contributed by atoms with van der Waals surface area (Å²) in [5.74, 6) is 0. The number of hydrogen-bond acceptors (Lipinski definition) is 3. The van der Waals surface area contributed by atoms with E-state index in [-0.39, 0.29) is 5.46 Å². The second-order valence-electron chi connectivity index (χ2n) is 7.28. The molecule has 1 aromatic carbocycles. The Labute approximate surface area is 145 Å². The van der Waals surface area contributed by atoms with Gasteiger partial charge in [0.05, 0.1) is 28.8 Å². The minimum Gasteiger partial charge on any atom is -0.399 e. The molecule has 0 N–H and O–H groups in total. The molecular formula is C17H20BF3N2O2. The van der Waals surface area contributed by atoms with E-state index >= 15 is 0 Å². The Morgan fingerprint density at radius 1 is 1.08 bits per heavy atom. The van der Waals surface area contributed by atoms with Crippen LogP contribution in [0.2, 0.25) is 0 Å². The van der Waals surface area contributed by atoms with Gasteiger partial charge in [-0.3, -0.25) is 0 Å². The minimum absolute atomic E-state index is 0.0215. The number of benzene rings is 1. The fraction of sp³-hybridized carbons (Fsp3) is 0.471. The molecule has 1 fully saturated rings. The number of aryl methyl sites for hydroxylation is 1. The number of rotatable bonds is 2. The van der Waals surface area contributed by atoms with Crippen molar-refractivity contribution >= 4 is 12.6 Å². The number of hydrogen-bond donors (Lipinski definition) is 0. The zero-order chi connectivity index (χ0) is 18.6. The summed E-state index contributed by atoms with van der Waals surface area (Å²) in [4.78, 5) is 4.06. The maximum absolute atomic E-state index is 13.7. The molecule has 0 bridgehead atoms. The molecule has 0 unspecified atom stereocenters. The summed E-state index contributed by atoms with van der Waals surface area (Å²) in [6.07, 6.45) is -1.37. The van der Waals surface area contributed by atoms with Crippen LogP contribution in [0.3, 0.4) is 0 Å². The number of imidazole rings is 1. The van der Waals surface area contributed by atoms with Crippen molar-refractivity contribution in [1.29, 1.82) is 0 Å². The Bertz CT molecular complexity index is 783. The number of nitrogens with zero attached hydrogens (tertiary/aromatic N) is 2. The smallest absolute Gasteiger partial charge is 0.399 e. The second kappa shape index (κ2) is 5.61. The quantitative estimate of drug-likeness (QED) is 0.777. The van der Waals surface area contributed by atoms with Crippen LogP contribution < -0.4 is 5.46 Å². The van der Waals surface area contributed by atoms with E-state index in [9.17, 15) is 13.2 Å². The minimum atomic E-state index is -4.52. The van der Waals surface area contributed by atoms with E-state index in [1.807, 2.05) is 27.7 Å². The zero-order valence-electron chi connectivity index (χ0n) is 14.8. The molecule has 1 aliphatic rings. The van der Waals surface area contributed by atoms with Gasteiger partial charge in [0.15, 0.2) is 0 Å². The molecule has 1 aliphatic heterocycles. The predicted molar refractivity (Wildman–Crippen MR) is 89.0 cm³/mol. The molecule has 0 spiro atoms. The molecule has 25 heavy (non-hydrogen) atoms. The van der Waals surface area contributed by atoms with Crippen molar-refractivity contribution in [1.82, 2.24) is 9.55 Å². The number of halogens is 3. The third-order valence-electron chi connectivity index (χ3n) is 4.86. The molecule has 2 heterocycles. The first-order valence-electron chi connectivity index (χ1n) is 7.98. The monoisotopic (exact) mass is 352 g/mol. The standard InChI is InChI=1S/C17H20BF3N2O2/c1-11-9-23(10-22-11)12-6-7-14(13(8-12)17(19,20)21)18-24-15(2,3)16(4,5)25-18/h6-10H,1-5H3. The normalized spacial score (nSPS) is 19.4. The van der Waals surface area contributed by atoms with Crippen LogP contribution in [-0.2, 0) is 15.5 Å². The van der Waals surface area contributed by atoms with Crippen LogP contribution in [0.25, 0.3) is 5.69 Å². The van der Waals surface area contributed by atoms with Gasteiger partial charge in [0.2, 0.25) is 0 Å². The fourth-order valence-corrected chi connectivity index (χ4v) is 2.69. The fourth-order valence-electron chi connectivity index (χ4n) is 2.69. The van der Waals surface area contributed by atoms with Crippen LogP contribution in [0.5, 0.6) is 0 Å². The SMILES string of the molecule is Cc1cn(-c2ccc(B3OC(C)(C)C(C)(C)O3)c(C(F)(F)F)c2)cn1. The Balaban J connectivity index is 2.06. The predicted octanol–water partition coefficient (Wildman–Crippen LogP) is 3.50. The third kappa shape index (κ3) is 3.20. The van der Waals surface area contributed by atoms with Crippen LogP contribution in [0.4, 0.5) is 13.2 Å². The van der Waals surface area contributed by atoms with E-state index in [1.54, 1.807) is 23.8 Å². The molecule has 1 aromatic heterocycles. The molecule has 0 atom stereocenters. The molecule has 4 nitrogen and oxygen atoms in total. The van der Waals surface area contributed by atoms with Gasteiger partial charge < -0.3 is 13.9 Å². The van der Waals surface area contributed by atoms with Crippen molar-refractivity contribution in [3.05, 3.63) is 42.0 Å². The Hall–Kier alpha value is -1.80. The van der Waals surface area contributed by atoms with Crippen LogP contribution in [0.15, 0.2) is 30.7 Å². The molecular weight excluding hydrogens is 332 g/mol. The highest BCUT2D eigenvalue weighted by Gasteiger charge is 2.53.